The molecule has 1 aliphatic heterocycles. The maximum absolute atomic E-state index is 12.7. The summed E-state index contributed by atoms with van der Waals surface area (Å²) < 4.78 is 26.5. The van der Waals surface area contributed by atoms with Gasteiger partial charge in [0.1, 0.15) is 5.54 Å². The van der Waals surface area contributed by atoms with E-state index >= 15 is 0 Å². The minimum Gasteiger partial charge on any atom is -0.396 e. The molecule has 0 atom stereocenters. The van der Waals surface area contributed by atoms with Crippen LogP contribution in [0.4, 0.5) is 5.69 Å². The maximum atomic E-state index is 12.7. The zero-order valence-corrected chi connectivity index (χ0v) is 12.5. The summed E-state index contributed by atoms with van der Waals surface area (Å²) in [5.41, 5.74) is 4.62. The number of rotatable bonds is 2. The van der Waals surface area contributed by atoms with E-state index in [4.69, 9.17) is 5.73 Å². The van der Waals surface area contributed by atoms with Crippen molar-refractivity contribution in [2.45, 2.75) is 24.4 Å². The van der Waals surface area contributed by atoms with E-state index in [-0.39, 0.29) is 23.2 Å². The van der Waals surface area contributed by atoms with E-state index in [0.29, 0.717) is 6.54 Å². The van der Waals surface area contributed by atoms with Crippen molar-refractivity contribution >= 4 is 21.6 Å². The predicted molar refractivity (Wildman–Crippen MR) is 74.3 cm³/mol. The van der Waals surface area contributed by atoms with Crippen molar-refractivity contribution in [1.29, 1.82) is 0 Å². The number of hydrogen-bond acceptors (Lipinski definition) is 5. The number of piperazine rings is 1. The Labute approximate surface area is 118 Å². The van der Waals surface area contributed by atoms with Crippen LogP contribution in [0.15, 0.2) is 23.4 Å². The molecular formula is C12H18N4O3S. The van der Waals surface area contributed by atoms with Gasteiger partial charge in [-0.25, -0.2) is 13.4 Å². The van der Waals surface area contributed by atoms with Gasteiger partial charge in [-0.3, -0.25) is 4.79 Å². The molecule has 8 heteroatoms. The number of nitrogens with two attached hydrogens (primary N) is 1. The number of amides is 1. The minimum atomic E-state index is -3.91. The number of nitrogens with zero attached hydrogens (tertiary/aromatic N) is 3. The van der Waals surface area contributed by atoms with E-state index in [1.165, 1.54) is 21.5 Å². The van der Waals surface area contributed by atoms with Gasteiger partial charge in [0, 0.05) is 26.3 Å². The highest BCUT2D eigenvalue weighted by Gasteiger charge is 2.47. The number of sulfonamides is 1. The summed E-state index contributed by atoms with van der Waals surface area (Å²) in [5, 5.41) is -0.203. The fraction of sp³-hybridized carbons (Fsp3) is 0.500. The van der Waals surface area contributed by atoms with Crippen molar-refractivity contribution in [3.8, 4) is 0 Å². The number of hydrogen-bond donors (Lipinski definition) is 1. The lowest BCUT2D eigenvalue weighted by Crippen LogP contribution is -2.63. The fourth-order valence-corrected chi connectivity index (χ4v) is 4.11. The molecule has 1 fully saturated rings. The second-order valence-electron chi connectivity index (χ2n) is 5.26. The van der Waals surface area contributed by atoms with Gasteiger partial charge in [0.15, 0.2) is 5.03 Å². The molecule has 0 spiro atoms. The number of anilines is 1. The lowest BCUT2D eigenvalue weighted by atomic mass is 10.0. The van der Waals surface area contributed by atoms with E-state index in [2.05, 4.69) is 4.98 Å². The molecule has 2 N–H and O–H groups in total. The first kappa shape index (κ1) is 14.7. The molecule has 0 bridgehead atoms. The maximum Gasteiger partial charge on any atom is 0.263 e. The van der Waals surface area contributed by atoms with Gasteiger partial charge in [0.25, 0.3) is 10.0 Å². The molecule has 1 saturated heterocycles. The van der Waals surface area contributed by atoms with Gasteiger partial charge in [0.05, 0.1) is 5.69 Å². The first-order valence-electron chi connectivity index (χ1n) is 6.18. The molecule has 1 aromatic rings. The van der Waals surface area contributed by atoms with E-state index in [9.17, 15) is 13.2 Å². The number of likely N-dealkylation sites (N-methyl/N-ethyl adjacent to an activating group) is 1. The second kappa shape index (κ2) is 4.71. The van der Waals surface area contributed by atoms with Gasteiger partial charge in [0.2, 0.25) is 5.91 Å². The molecule has 1 aliphatic rings. The van der Waals surface area contributed by atoms with Gasteiger partial charge >= 0.3 is 0 Å². The molecule has 1 amide bonds. The van der Waals surface area contributed by atoms with Crippen LogP contribution in [0.25, 0.3) is 0 Å². The summed E-state index contributed by atoms with van der Waals surface area (Å²) in [6.45, 7) is 3.73. The average molecular weight is 298 g/mol. The van der Waals surface area contributed by atoms with Crippen LogP contribution in [0.5, 0.6) is 0 Å². The molecule has 7 nitrogen and oxygen atoms in total. The standard InChI is InChI=1S/C12H18N4O3S/c1-12(2)11(17)15(3)7-8-16(12)20(18,19)10-9(13)5-4-6-14-10/h4-6H,7-8,13H2,1-3H3. The Morgan fingerprint density at radius 2 is 2.00 bits per heavy atom. The largest absolute Gasteiger partial charge is 0.396 e. The lowest BCUT2D eigenvalue weighted by molar-refractivity contribution is -0.142. The van der Waals surface area contributed by atoms with Crippen molar-refractivity contribution in [2.24, 2.45) is 0 Å². The van der Waals surface area contributed by atoms with Crippen LogP contribution < -0.4 is 5.73 Å². The Bertz CT molecular complexity index is 642. The molecule has 20 heavy (non-hydrogen) atoms. The van der Waals surface area contributed by atoms with Crippen LogP contribution in [-0.4, -0.2) is 54.2 Å². The average Bonchev–Trinajstić information content (AvgIpc) is 2.36. The number of carbonyl (C=O) groups excluding carboxylic acids is 1. The topological polar surface area (TPSA) is 96.6 Å². The third-order valence-electron chi connectivity index (χ3n) is 3.47. The van der Waals surface area contributed by atoms with Gasteiger partial charge in [-0.05, 0) is 26.0 Å². The van der Waals surface area contributed by atoms with Crippen molar-refractivity contribution in [3.63, 3.8) is 0 Å². The first-order chi connectivity index (χ1) is 9.19. The summed E-state index contributed by atoms with van der Waals surface area (Å²) in [6.07, 6.45) is 1.37. The fourth-order valence-electron chi connectivity index (χ4n) is 2.34. The predicted octanol–water partition coefficient (Wildman–Crippen LogP) is -0.0949. The molecule has 2 heterocycles. The Balaban J connectivity index is 2.50. The van der Waals surface area contributed by atoms with Crippen LogP contribution >= 0.6 is 0 Å². The van der Waals surface area contributed by atoms with Crippen molar-refractivity contribution in [1.82, 2.24) is 14.2 Å². The Kier molecular flexibility index (Phi) is 3.47. The van der Waals surface area contributed by atoms with Crippen LogP contribution in [0.2, 0.25) is 0 Å². The summed E-state index contributed by atoms with van der Waals surface area (Å²) >= 11 is 0. The monoisotopic (exact) mass is 298 g/mol. The van der Waals surface area contributed by atoms with Crippen LogP contribution in [0.3, 0.4) is 0 Å². The van der Waals surface area contributed by atoms with Gasteiger partial charge in [-0.1, -0.05) is 0 Å². The molecule has 0 unspecified atom stereocenters. The molecular weight excluding hydrogens is 280 g/mol. The minimum absolute atomic E-state index is 0.0784. The van der Waals surface area contributed by atoms with E-state index in [1.54, 1.807) is 27.0 Å². The van der Waals surface area contributed by atoms with Crippen molar-refractivity contribution in [2.75, 3.05) is 25.9 Å². The number of pyridine rings is 1. The lowest BCUT2D eigenvalue weighted by Gasteiger charge is -2.43. The van der Waals surface area contributed by atoms with Crippen molar-refractivity contribution in [3.05, 3.63) is 18.3 Å². The molecule has 0 aromatic carbocycles. The van der Waals surface area contributed by atoms with Gasteiger partial charge < -0.3 is 10.6 Å². The Hall–Kier alpha value is -1.67. The second-order valence-corrected chi connectivity index (χ2v) is 7.04. The van der Waals surface area contributed by atoms with Crippen LogP contribution in [-0.2, 0) is 14.8 Å². The van der Waals surface area contributed by atoms with E-state index < -0.39 is 15.6 Å². The van der Waals surface area contributed by atoms with E-state index in [1.807, 2.05) is 0 Å². The smallest absolute Gasteiger partial charge is 0.263 e. The first-order valence-corrected chi connectivity index (χ1v) is 7.62. The summed E-state index contributed by atoms with van der Waals surface area (Å²) in [7, 11) is -2.25. The zero-order valence-electron chi connectivity index (χ0n) is 11.7. The normalized spacial score (nSPS) is 20.1. The van der Waals surface area contributed by atoms with Crippen LogP contribution in [0, 0.1) is 0 Å². The molecule has 0 radical (unpaired) electrons. The molecule has 0 aliphatic carbocycles. The summed E-state index contributed by atoms with van der Waals surface area (Å²) in [5.74, 6) is -0.248. The third-order valence-corrected chi connectivity index (χ3v) is 5.52. The van der Waals surface area contributed by atoms with Crippen molar-refractivity contribution < 1.29 is 13.2 Å². The Morgan fingerprint density at radius 1 is 1.35 bits per heavy atom. The molecule has 0 saturated carbocycles. The number of nitrogen functional groups attached to an aromatic ring is 1. The molecule has 1 aromatic heterocycles. The third kappa shape index (κ3) is 2.14. The van der Waals surface area contributed by atoms with Crippen LogP contribution in [0.1, 0.15) is 13.8 Å². The highest BCUT2D eigenvalue weighted by Crippen LogP contribution is 2.29. The quantitative estimate of drug-likeness (QED) is 0.822. The van der Waals surface area contributed by atoms with Gasteiger partial charge in [-0.15, -0.1) is 0 Å². The molecule has 110 valence electrons. The highest BCUT2D eigenvalue weighted by atomic mass is 32.2. The van der Waals surface area contributed by atoms with Gasteiger partial charge in [-0.2, -0.15) is 4.31 Å². The highest BCUT2D eigenvalue weighted by molar-refractivity contribution is 7.89. The number of aromatic nitrogens is 1. The zero-order chi connectivity index (χ0) is 15.1. The number of carbonyl (C=O) groups is 1. The summed E-state index contributed by atoms with van der Waals surface area (Å²) in [4.78, 5) is 17.6. The Morgan fingerprint density at radius 3 is 2.60 bits per heavy atom. The molecule has 2 rings (SSSR count). The van der Waals surface area contributed by atoms with E-state index in [0.717, 1.165) is 0 Å². The summed E-state index contributed by atoms with van der Waals surface area (Å²) in [6, 6.07) is 3.04. The SMILES string of the molecule is CN1CCN(S(=O)(=O)c2ncccc2N)C(C)(C)C1=O.